The van der Waals surface area contributed by atoms with E-state index in [0.717, 1.165) is 62.8 Å². The fourth-order valence-electron chi connectivity index (χ4n) is 4.52. The van der Waals surface area contributed by atoms with Crippen LogP contribution in [0.1, 0.15) is 12.8 Å². The van der Waals surface area contributed by atoms with Crippen molar-refractivity contribution in [3.8, 4) is 0 Å². The molecule has 14 heteroatoms. The first-order valence-electron chi connectivity index (χ1n) is 12.9. The summed E-state index contributed by atoms with van der Waals surface area (Å²) in [6.45, 7) is 7.94. The van der Waals surface area contributed by atoms with Crippen molar-refractivity contribution in [3.63, 3.8) is 0 Å². The number of nitrogens with one attached hydrogen (secondary N) is 2. The second-order valence-electron chi connectivity index (χ2n) is 9.99. The van der Waals surface area contributed by atoms with Crippen LogP contribution in [0.5, 0.6) is 0 Å². The molecule has 11 nitrogen and oxygen atoms in total. The molecule has 0 atom stereocenters. The first kappa shape index (κ1) is 30.3. The molecule has 2 saturated heterocycles. The van der Waals surface area contributed by atoms with Crippen molar-refractivity contribution in [1.82, 2.24) is 29.6 Å². The zero-order chi connectivity index (χ0) is 28.6. The normalized spacial score (nSPS) is 17.1. The second-order valence-corrected chi connectivity index (χ2v) is 9.99. The van der Waals surface area contributed by atoms with E-state index in [1.54, 1.807) is 4.90 Å². The van der Waals surface area contributed by atoms with Gasteiger partial charge in [0.05, 0.1) is 17.4 Å². The molecule has 3 heterocycles. The monoisotopic (exact) mass is 555 g/mol. The van der Waals surface area contributed by atoms with Crippen LogP contribution >= 0.6 is 0 Å². The number of amides is 2. The van der Waals surface area contributed by atoms with Crippen LogP contribution in [0.4, 0.5) is 18.9 Å². The van der Waals surface area contributed by atoms with Crippen LogP contribution in [-0.4, -0.2) is 120 Å². The molecule has 0 spiro atoms. The number of rotatable bonds is 6. The smallest absolute Gasteiger partial charge is 0.475 e. The number of alkyl halides is 3. The number of benzene rings is 1. The Morgan fingerprint density at radius 1 is 1.13 bits per heavy atom. The summed E-state index contributed by atoms with van der Waals surface area (Å²) in [5.41, 5.74) is 2.42. The van der Waals surface area contributed by atoms with Gasteiger partial charge < -0.3 is 30.1 Å². The lowest BCUT2D eigenvalue weighted by Crippen LogP contribution is -2.52. The van der Waals surface area contributed by atoms with Crippen LogP contribution in [0.2, 0.25) is 0 Å². The maximum Gasteiger partial charge on any atom is 0.490 e. The first-order chi connectivity index (χ1) is 18.4. The predicted molar refractivity (Wildman–Crippen MR) is 139 cm³/mol. The number of halogens is 3. The van der Waals surface area contributed by atoms with E-state index in [4.69, 9.17) is 9.90 Å². The summed E-state index contributed by atoms with van der Waals surface area (Å²) in [6, 6.07) is 5.60. The van der Waals surface area contributed by atoms with Crippen molar-refractivity contribution in [3.05, 3.63) is 24.5 Å². The molecule has 2 aliphatic rings. The van der Waals surface area contributed by atoms with Crippen LogP contribution in [0.15, 0.2) is 24.5 Å². The molecule has 2 amide bonds. The molecule has 0 aliphatic carbocycles. The Balaban J connectivity index is 0.000000532. The Bertz CT molecular complexity index is 1120. The molecule has 2 fully saturated rings. The molecule has 3 N–H and O–H groups in total. The van der Waals surface area contributed by atoms with Crippen LogP contribution in [0, 0.1) is 5.92 Å². The van der Waals surface area contributed by atoms with Gasteiger partial charge in [-0.15, -0.1) is 0 Å². The third-order valence-corrected chi connectivity index (χ3v) is 6.74. The Kier molecular flexibility index (Phi) is 10.7. The van der Waals surface area contributed by atoms with Crippen molar-refractivity contribution in [1.29, 1.82) is 0 Å². The van der Waals surface area contributed by atoms with Gasteiger partial charge in [-0.2, -0.15) is 13.2 Å². The van der Waals surface area contributed by atoms with Gasteiger partial charge in [-0.3, -0.25) is 14.5 Å². The van der Waals surface area contributed by atoms with Gasteiger partial charge >= 0.3 is 24.0 Å². The minimum atomic E-state index is -5.08. The second kappa shape index (κ2) is 13.7. The molecule has 1 aromatic carbocycles. The van der Waals surface area contributed by atoms with Gasteiger partial charge in [-0.25, -0.2) is 9.78 Å². The van der Waals surface area contributed by atoms with E-state index in [1.807, 2.05) is 38.6 Å². The van der Waals surface area contributed by atoms with Gasteiger partial charge in [0, 0.05) is 51.5 Å². The SMILES string of the molecule is CN(C)CCn1cnc2cc(NC(=O)C(=O)N3CCN(CC4CCNCC4)CC3)ccc21.O=C(O)C(F)(F)F. The molecule has 216 valence electrons. The van der Waals surface area contributed by atoms with E-state index in [2.05, 4.69) is 30.0 Å². The number of imidazole rings is 1. The minimum absolute atomic E-state index is 0.455. The van der Waals surface area contributed by atoms with E-state index >= 15 is 0 Å². The third-order valence-electron chi connectivity index (χ3n) is 6.74. The number of fused-ring (bicyclic) bond motifs is 1. The minimum Gasteiger partial charge on any atom is -0.475 e. The number of piperidine rings is 1. The van der Waals surface area contributed by atoms with Crippen molar-refractivity contribution >= 4 is 34.5 Å². The molecule has 0 radical (unpaired) electrons. The average molecular weight is 556 g/mol. The number of carbonyl (C=O) groups is 3. The highest BCUT2D eigenvalue weighted by Gasteiger charge is 2.38. The molecule has 39 heavy (non-hydrogen) atoms. The molecular formula is C25H36F3N7O4. The average Bonchev–Trinajstić information content (AvgIpc) is 3.30. The number of nitrogens with zero attached hydrogens (tertiary/aromatic N) is 5. The van der Waals surface area contributed by atoms with Crippen molar-refractivity contribution in [2.24, 2.45) is 5.92 Å². The van der Waals surface area contributed by atoms with Gasteiger partial charge in [0.25, 0.3) is 0 Å². The van der Waals surface area contributed by atoms with Gasteiger partial charge in [-0.05, 0) is 64.1 Å². The van der Waals surface area contributed by atoms with Gasteiger partial charge in [-0.1, -0.05) is 0 Å². The fourth-order valence-corrected chi connectivity index (χ4v) is 4.52. The van der Waals surface area contributed by atoms with E-state index in [-0.39, 0.29) is 0 Å². The molecule has 0 unspecified atom stereocenters. The number of carboxylic acid groups (broad SMARTS) is 1. The summed E-state index contributed by atoms with van der Waals surface area (Å²) in [4.78, 5) is 44.8. The molecule has 2 aromatic rings. The molecule has 0 saturated carbocycles. The highest BCUT2D eigenvalue weighted by atomic mass is 19.4. The number of piperazine rings is 1. The van der Waals surface area contributed by atoms with Gasteiger partial charge in [0.1, 0.15) is 0 Å². The number of hydrogen-bond acceptors (Lipinski definition) is 7. The Morgan fingerprint density at radius 2 is 1.77 bits per heavy atom. The van der Waals surface area contributed by atoms with Crippen molar-refractivity contribution in [2.45, 2.75) is 25.6 Å². The summed E-state index contributed by atoms with van der Waals surface area (Å²) in [6.07, 6.45) is -0.826. The van der Waals surface area contributed by atoms with Crippen LogP contribution < -0.4 is 10.6 Å². The summed E-state index contributed by atoms with van der Waals surface area (Å²) < 4.78 is 33.8. The number of carbonyl (C=O) groups excluding carboxylic acids is 2. The maximum absolute atomic E-state index is 12.7. The topological polar surface area (TPSA) is 123 Å². The summed E-state index contributed by atoms with van der Waals surface area (Å²) in [5.74, 6) is -3.05. The predicted octanol–water partition coefficient (Wildman–Crippen LogP) is 1.31. The van der Waals surface area contributed by atoms with Gasteiger partial charge in [0.15, 0.2) is 0 Å². The zero-order valence-electron chi connectivity index (χ0n) is 22.2. The van der Waals surface area contributed by atoms with E-state index < -0.39 is 24.0 Å². The van der Waals surface area contributed by atoms with Crippen LogP contribution in [0.3, 0.4) is 0 Å². The standard InChI is InChI=1S/C23H35N7O2.C2HF3O2/c1-27(2)9-12-30-17-25-20-15-19(3-4-21(20)30)26-22(31)23(32)29-13-10-28(11-14-29)16-18-5-7-24-8-6-18;3-2(4,5)1(6)7/h3-4,15,17-18,24H,5-14,16H2,1-2H3,(H,26,31);(H,6,7). The lowest BCUT2D eigenvalue weighted by Gasteiger charge is -2.37. The lowest BCUT2D eigenvalue weighted by atomic mass is 9.97. The van der Waals surface area contributed by atoms with E-state index in [9.17, 15) is 22.8 Å². The Labute approximate surface area is 224 Å². The molecule has 4 rings (SSSR count). The highest BCUT2D eigenvalue weighted by Crippen LogP contribution is 2.19. The quantitative estimate of drug-likeness (QED) is 0.456. The fraction of sp³-hybridized carbons (Fsp3) is 0.600. The number of likely N-dealkylation sites (N-methyl/N-ethyl adjacent to an activating group) is 1. The number of aromatic nitrogens is 2. The van der Waals surface area contributed by atoms with E-state index in [1.165, 1.54) is 12.8 Å². The summed E-state index contributed by atoms with van der Waals surface area (Å²) in [7, 11) is 4.08. The number of aliphatic carboxylic acids is 1. The summed E-state index contributed by atoms with van der Waals surface area (Å²) in [5, 5.41) is 13.3. The maximum atomic E-state index is 12.7. The lowest BCUT2D eigenvalue weighted by molar-refractivity contribution is -0.192. The molecule has 2 aliphatic heterocycles. The number of carboxylic acids is 1. The number of hydrogen-bond donors (Lipinski definition) is 3. The van der Waals surface area contributed by atoms with Crippen molar-refractivity contribution in [2.75, 3.05) is 71.8 Å². The van der Waals surface area contributed by atoms with Gasteiger partial charge in [0.2, 0.25) is 0 Å². The third kappa shape index (κ3) is 9.18. The summed E-state index contributed by atoms with van der Waals surface area (Å²) >= 11 is 0. The molecular weight excluding hydrogens is 519 g/mol. The highest BCUT2D eigenvalue weighted by molar-refractivity contribution is 6.39. The van der Waals surface area contributed by atoms with Crippen LogP contribution in [0.25, 0.3) is 11.0 Å². The zero-order valence-corrected chi connectivity index (χ0v) is 22.2. The Hall–Kier alpha value is -3.23. The van der Waals surface area contributed by atoms with Crippen LogP contribution in [-0.2, 0) is 20.9 Å². The Morgan fingerprint density at radius 3 is 2.36 bits per heavy atom. The van der Waals surface area contributed by atoms with E-state index in [0.29, 0.717) is 18.8 Å². The largest absolute Gasteiger partial charge is 0.490 e. The first-order valence-corrected chi connectivity index (χ1v) is 12.9. The number of anilines is 1. The van der Waals surface area contributed by atoms with Crippen molar-refractivity contribution < 1.29 is 32.7 Å². The molecule has 1 aromatic heterocycles. The molecule has 0 bridgehead atoms.